The fourth-order valence-corrected chi connectivity index (χ4v) is 2.95. The lowest BCUT2D eigenvalue weighted by Gasteiger charge is -2.09. The number of carbonyl (C=O) groups is 1. The van der Waals surface area contributed by atoms with Crippen molar-refractivity contribution in [1.29, 1.82) is 0 Å². The summed E-state index contributed by atoms with van der Waals surface area (Å²) in [7, 11) is 0. The minimum atomic E-state index is -0.687. The molecule has 0 saturated heterocycles. The molecule has 0 aliphatic carbocycles. The average Bonchev–Trinajstić information content (AvgIpc) is 3.09. The van der Waals surface area contributed by atoms with Crippen molar-refractivity contribution < 1.29 is 13.9 Å². The van der Waals surface area contributed by atoms with Crippen molar-refractivity contribution in [2.75, 3.05) is 6.61 Å². The van der Waals surface area contributed by atoms with Gasteiger partial charge < -0.3 is 9.15 Å². The summed E-state index contributed by atoms with van der Waals surface area (Å²) in [6, 6.07) is 14.7. The standard InChI is InChI=1S/C18H14O4S/c1-2-21-17(19)16-13(12-7-4-3-5-8-12)11-14(22-18(16)20)15-9-6-10-23-15/h3-11H,2H2,1H3. The number of esters is 1. The van der Waals surface area contributed by atoms with Crippen molar-refractivity contribution in [3.05, 3.63) is 69.9 Å². The van der Waals surface area contributed by atoms with Gasteiger partial charge in [-0.25, -0.2) is 9.59 Å². The van der Waals surface area contributed by atoms with Gasteiger partial charge in [0.25, 0.3) is 0 Å². The van der Waals surface area contributed by atoms with Crippen LogP contribution < -0.4 is 5.63 Å². The number of thiophene rings is 1. The molecule has 0 fully saturated rings. The molecule has 0 amide bonds. The Kier molecular flexibility index (Phi) is 4.39. The van der Waals surface area contributed by atoms with Crippen LogP contribution in [0.2, 0.25) is 0 Å². The van der Waals surface area contributed by atoms with Crippen LogP contribution >= 0.6 is 11.3 Å². The van der Waals surface area contributed by atoms with Crippen molar-refractivity contribution in [3.8, 4) is 21.8 Å². The molecule has 0 aliphatic rings. The Hall–Kier alpha value is -2.66. The van der Waals surface area contributed by atoms with Gasteiger partial charge in [-0.05, 0) is 30.0 Å². The van der Waals surface area contributed by atoms with Crippen LogP contribution in [0.25, 0.3) is 21.8 Å². The van der Waals surface area contributed by atoms with Crippen LogP contribution in [-0.2, 0) is 4.74 Å². The molecular weight excluding hydrogens is 312 g/mol. The van der Waals surface area contributed by atoms with Gasteiger partial charge in [0.15, 0.2) is 5.56 Å². The highest BCUT2D eigenvalue weighted by atomic mass is 32.1. The van der Waals surface area contributed by atoms with E-state index in [0.29, 0.717) is 11.3 Å². The molecule has 23 heavy (non-hydrogen) atoms. The molecule has 0 radical (unpaired) electrons. The summed E-state index contributed by atoms with van der Waals surface area (Å²) in [6.45, 7) is 1.89. The number of carbonyl (C=O) groups excluding carboxylic acids is 1. The molecule has 0 aliphatic heterocycles. The second kappa shape index (κ2) is 6.62. The molecule has 0 saturated carbocycles. The third-order valence-electron chi connectivity index (χ3n) is 3.28. The maximum atomic E-state index is 12.4. The first-order chi connectivity index (χ1) is 11.2. The van der Waals surface area contributed by atoms with Gasteiger partial charge in [0.2, 0.25) is 0 Å². The minimum absolute atomic E-state index is 0.0710. The van der Waals surface area contributed by atoms with Gasteiger partial charge in [0, 0.05) is 5.56 Å². The topological polar surface area (TPSA) is 56.5 Å². The molecule has 2 heterocycles. The molecule has 1 aromatic carbocycles. The highest BCUT2D eigenvalue weighted by Crippen LogP contribution is 2.30. The summed E-state index contributed by atoms with van der Waals surface area (Å²) in [5.74, 6) is -0.227. The van der Waals surface area contributed by atoms with Gasteiger partial charge in [-0.15, -0.1) is 11.3 Å². The molecule has 0 N–H and O–H groups in total. The monoisotopic (exact) mass is 326 g/mol. The molecule has 0 bridgehead atoms. The van der Waals surface area contributed by atoms with Gasteiger partial charge in [0.1, 0.15) is 5.76 Å². The van der Waals surface area contributed by atoms with Crippen molar-refractivity contribution in [2.45, 2.75) is 6.92 Å². The molecule has 4 nitrogen and oxygen atoms in total. The second-order valence-electron chi connectivity index (χ2n) is 4.75. The van der Waals surface area contributed by atoms with Gasteiger partial charge in [-0.3, -0.25) is 0 Å². The van der Waals surface area contributed by atoms with Crippen molar-refractivity contribution in [3.63, 3.8) is 0 Å². The quantitative estimate of drug-likeness (QED) is 0.674. The second-order valence-corrected chi connectivity index (χ2v) is 5.70. The molecular formula is C18H14O4S. The molecule has 0 spiro atoms. The zero-order chi connectivity index (χ0) is 16.2. The lowest BCUT2D eigenvalue weighted by atomic mass is 10.0. The van der Waals surface area contributed by atoms with E-state index in [2.05, 4.69) is 0 Å². The van der Waals surface area contributed by atoms with E-state index in [4.69, 9.17) is 9.15 Å². The summed E-state index contributed by atoms with van der Waals surface area (Å²) < 4.78 is 10.3. The number of rotatable bonds is 4. The van der Waals surface area contributed by atoms with Gasteiger partial charge >= 0.3 is 11.6 Å². The Morgan fingerprint density at radius 1 is 1.17 bits per heavy atom. The fourth-order valence-electron chi connectivity index (χ4n) is 2.28. The predicted octanol–water partition coefficient (Wildman–Crippen LogP) is 4.21. The Morgan fingerprint density at radius 3 is 2.61 bits per heavy atom. The van der Waals surface area contributed by atoms with Crippen LogP contribution in [0.15, 0.2) is 63.1 Å². The molecule has 5 heteroatoms. The molecule has 3 rings (SSSR count). The Balaban J connectivity index is 2.24. The highest BCUT2D eigenvalue weighted by molar-refractivity contribution is 7.13. The minimum Gasteiger partial charge on any atom is -0.462 e. The van der Waals surface area contributed by atoms with Crippen molar-refractivity contribution in [2.24, 2.45) is 0 Å². The number of hydrogen-bond acceptors (Lipinski definition) is 5. The normalized spacial score (nSPS) is 10.5. The van der Waals surface area contributed by atoms with E-state index in [1.54, 1.807) is 13.0 Å². The van der Waals surface area contributed by atoms with Crippen LogP contribution in [0, 0.1) is 0 Å². The lowest BCUT2D eigenvalue weighted by Crippen LogP contribution is -2.18. The number of hydrogen-bond donors (Lipinski definition) is 0. The lowest BCUT2D eigenvalue weighted by molar-refractivity contribution is 0.0522. The Bertz CT molecular complexity index is 864. The van der Waals surface area contributed by atoms with Crippen LogP contribution in [0.1, 0.15) is 17.3 Å². The van der Waals surface area contributed by atoms with Crippen LogP contribution in [-0.4, -0.2) is 12.6 Å². The first-order valence-corrected chi connectivity index (χ1v) is 8.03. The highest BCUT2D eigenvalue weighted by Gasteiger charge is 2.22. The van der Waals surface area contributed by atoms with Gasteiger partial charge in [0.05, 0.1) is 11.5 Å². The third-order valence-corrected chi connectivity index (χ3v) is 4.16. The Morgan fingerprint density at radius 2 is 1.96 bits per heavy atom. The molecule has 2 aromatic heterocycles. The summed E-state index contributed by atoms with van der Waals surface area (Å²) >= 11 is 1.46. The number of benzene rings is 1. The first kappa shape index (κ1) is 15.2. The number of ether oxygens (including phenoxy) is 1. The molecule has 3 aromatic rings. The fraction of sp³-hybridized carbons (Fsp3) is 0.111. The smallest absolute Gasteiger partial charge is 0.351 e. The predicted molar refractivity (Wildman–Crippen MR) is 89.7 cm³/mol. The summed E-state index contributed by atoms with van der Waals surface area (Å²) in [5.41, 5.74) is 0.525. The summed E-state index contributed by atoms with van der Waals surface area (Å²) in [6.07, 6.45) is 0. The van der Waals surface area contributed by atoms with Crippen LogP contribution in [0.3, 0.4) is 0 Å². The van der Waals surface area contributed by atoms with E-state index in [-0.39, 0.29) is 12.2 Å². The Labute approximate surface area is 137 Å². The van der Waals surface area contributed by atoms with E-state index in [1.807, 2.05) is 47.8 Å². The first-order valence-electron chi connectivity index (χ1n) is 7.15. The van der Waals surface area contributed by atoms with E-state index < -0.39 is 11.6 Å². The molecule has 0 unspecified atom stereocenters. The SMILES string of the molecule is CCOC(=O)c1c(-c2ccccc2)cc(-c2cccs2)oc1=O. The van der Waals surface area contributed by atoms with Crippen LogP contribution in [0.4, 0.5) is 0 Å². The average molecular weight is 326 g/mol. The van der Waals surface area contributed by atoms with Gasteiger partial charge in [-0.1, -0.05) is 36.4 Å². The van der Waals surface area contributed by atoms with Gasteiger partial charge in [-0.2, -0.15) is 0 Å². The zero-order valence-electron chi connectivity index (χ0n) is 12.4. The largest absolute Gasteiger partial charge is 0.462 e. The summed E-state index contributed by atoms with van der Waals surface area (Å²) in [5, 5.41) is 1.90. The van der Waals surface area contributed by atoms with Crippen molar-refractivity contribution in [1.82, 2.24) is 0 Å². The van der Waals surface area contributed by atoms with Crippen LogP contribution in [0.5, 0.6) is 0 Å². The van der Waals surface area contributed by atoms with E-state index in [0.717, 1.165) is 10.4 Å². The van der Waals surface area contributed by atoms with E-state index in [9.17, 15) is 9.59 Å². The van der Waals surface area contributed by atoms with E-state index in [1.165, 1.54) is 11.3 Å². The molecule has 0 atom stereocenters. The maximum absolute atomic E-state index is 12.4. The third kappa shape index (κ3) is 3.10. The maximum Gasteiger partial charge on any atom is 0.351 e. The van der Waals surface area contributed by atoms with E-state index >= 15 is 0 Å². The molecule has 116 valence electrons. The summed E-state index contributed by atoms with van der Waals surface area (Å²) in [4.78, 5) is 25.4. The van der Waals surface area contributed by atoms with Crippen molar-refractivity contribution >= 4 is 17.3 Å². The zero-order valence-corrected chi connectivity index (χ0v) is 13.3.